The molecule has 1 heterocycles. The number of nitrogens with zero attached hydrogens (tertiary/aromatic N) is 2. The molecule has 1 aromatic heterocycles. The van der Waals surface area contributed by atoms with E-state index in [9.17, 15) is 9.59 Å². The molecule has 0 unspecified atom stereocenters. The quantitative estimate of drug-likeness (QED) is 0.712. The summed E-state index contributed by atoms with van der Waals surface area (Å²) >= 11 is 0. The summed E-state index contributed by atoms with van der Waals surface area (Å²) in [5, 5.41) is 0. The molecule has 18 heavy (non-hydrogen) atoms. The molecule has 0 radical (unpaired) electrons. The second-order valence-electron chi connectivity index (χ2n) is 4.24. The molecule has 0 aliphatic heterocycles. The number of carbonyl (C=O) groups is 2. The van der Waals surface area contributed by atoms with Crippen molar-refractivity contribution in [2.45, 2.75) is 12.8 Å². The highest BCUT2D eigenvalue weighted by molar-refractivity contribution is 6.29. The molecule has 1 aromatic carbocycles. The van der Waals surface area contributed by atoms with Gasteiger partial charge in [-0.15, -0.1) is 0 Å². The van der Waals surface area contributed by atoms with Crippen LogP contribution in [0.3, 0.4) is 0 Å². The van der Waals surface area contributed by atoms with Crippen molar-refractivity contribution in [1.29, 1.82) is 0 Å². The van der Waals surface area contributed by atoms with Gasteiger partial charge in [0.05, 0.1) is 5.69 Å². The summed E-state index contributed by atoms with van der Waals surface area (Å²) in [5.74, 6) is -0.587. The van der Waals surface area contributed by atoms with Crippen molar-refractivity contribution in [2.75, 3.05) is 0 Å². The first-order valence-electron chi connectivity index (χ1n) is 5.65. The Balaban J connectivity index is 2.12. The molecule has 0 atom stereocenters. The van der Waals surface area contributed by atoms with Crippen LogP contribution >= 0.6 is 0 Å². The highest BCUT2D eigenvalue weighted by Crippen LogP contribution is 2.32. The fourth-order valence-electron chi connectivity index (χ4n) is 2.25. The maximum atomic E-state index is 12.2. The summed E-state index contributed by atoms with van der Waals surface area (Å²) in [7, 11) is 0. The van der Waals surface area contributed by atoms with Crippen LogP contribution in [-0.4, -0.2) is 21.5 Å². The van der Waals surface area contributed by atoms with Gasteiger partial charge in [0.15, 0.2) is 11.6 Å². The zero-order valence-electron chi connectivity index (χ0n) is 9.75. The van der Waals surface area contributed by atoms with Crippen LogP contribution < -0.4 is 0 Å². The van der Waals surface area contributed by atoms with Gasteiger partial charge in [0.1, 0.15) is 11.7 Å². The fourth-order valence-corrected chi connectivity index (χ4v) is 2.25. The van der Waals surface area contributed by atoms with Crippen LogP contribution in [0.2, 0.25) is 0 Å². The minimum Gasteiger partial charge on any atom is -0.293 e. The predicted molar refractivity (Wildman–Crippen MR) is 64.6 cm³/mol. The molecule has 0 N–H and O–H groups in total. The number of hydrogen-bond acceptors (Lipinski definition) is 4. The molecule has 4 nitrogen and oxygen atoms in total. The lowest BCUT2D eigenvalue weighted by Crippen LogP contribution is -2.15. The Bertz CT molecular complexity index is 629. The van der Waals surface area contributed by atoms with Gasteiger partial charge < -0.3 is 0 Å². The van der Waals surface area contributed by atoms with E-state index in [0.717, 1.165) is 0 Å². The van der Waals surface area contributed by atoms with Gasteiger partial charge in [0.2, 0.25) is 0 Å². The minimum atomic E-state index is -0.802. The van der Waals surface area contributed by atoms with Crippen molar-refractivity contribution in [1.82, 2.24) is 9.97 Å². The van der Waals surface area contributed by atoms with Gasteiger partial charge in [-0.2, -0.15) is 0 Å². The van der Waals surface area contributed by atoms with E-state index in [1.807, 2.05) is 0 Å². The fraction of sp³-hybridized carbons (Fsp3) is 0.143. The lowest BCUT2D eigenvalue weighted by Gasteiger charge is -2.06. The van der Waals surface area contributed by atoms with Crippen molar-refractivity contribution in [3.63, 3.8) is 0 Å². The summed E-state index contributed by atoms with van der Waals surface area (Å²) in [6.07, 6.45) is 1.57. The van der Waals surface area contributed by atoms with Gasteiger partial charge >= 0.3 is 0 Å². The monoisotopic (exact) mass is 238 g/mol. The second-order valence-corrected chi connectivity index (χ2v) is 4.24. The molecule has 0 fully saturated rings. The van der Waals surface area contributed by atoms with E-state index in [2.05, 4.69) is 9.97 Å². The summed E-state index contributed by atoms with van der Waals surface area (Å²) in [4.78, 5) is 32.6. The summed E-state index contributed by atoms with van der Waals surface area (Å²) in [6, 6.07) is 8.52. The summed E-state index contributed by atoms with van der Waals surface area (Å²) in [5.41, 5.74) is 1.46. The van der Waals surface area contributed by atoms with Gasteiger partial charge in [-0.1, -0.05) is 24.3 Å². The summed E-state index contributed by atoms with van der Waals surface area (Å²) < 4.78 is 0. The lowest BCUT2D eigenvalue weighted by molar-refractivity contribution is 0.0888. The van der Waals surface area contributed by atoms with Crippen LogP contribution in [-0.2, 0) is 0 Å². The van der Waals surface area contributed by atoms with E-state index in [1.165, 1.54) is 0 Å². The Morgan fingerprint density at radius 3 is 2.17 bits per heavy atom. The number of Topliss-reactive ketones (excluding diaryl/α,β-unsaturated/α-hetero) is 2. The topological polar surface area (TPSA) is 59.9 Å². The molecule has 0 amide bonds. The maximum Gasteiger partial charge on any atom is 0.180 e. The van der Waals surface area contributed by atoms with E-state index in [-0.39, 0.29) is 11.6 Å². The number of aryl methyl sites for hydroxylation is 1. The Morgan fingerprint density at radius 1 is 1.00 bits per heavy atom. The highest BCUT2D eigenvalue weighted by Gasteiger charge is 2.40. The van der Waals surface area contributed by atoms with Crippen molar-refractivity contribution in [3.05, 3.63) is 59.2 Å². The number of fused-ring (bicyclic) bond motifs is 1. The van der Waals surface area contributed by atoms with Gasteiger partial charge in [-0.05, 0) is 13.0 Å². The molecule has 0 bridgehead atoms. The smallest absolute Gasteiger partial charge is 0.180 e. The third-order valence-corrected chi connectivity index (χ3v) is 3.08. The standard InChI is InChI=1S/C14H10N2O2/c1-8-15-7-6-11(16-8)12-13(17)9-4-2-3-5-10(9)14(12)18/h2-7,12H,1H3. The number of carbonyl (C=O) groups excluding carboxylic acids is 2. The van der Waals surface area contributed by atoms with Gasteiger partial charge in [-0.25, -0.2) is 9.97 Å². The first-order valence-corrected chi connectivity index (χ1v) is 5.65. The Labute approximate surface area is 104 Å². The molecule has 0 saturated heterocycles. The van der Waals surface area contributed by atoms with Crippen molar-refractivity contribution in [2.24, 2.45) is 0 Å². The molecule has 1 aliphatic carbocycles. The molecule has 88 valence electrons. The average Bonchev–Trinajstić information content (AvgIpc) is 2.63. The lowest BCUT2D eigenvalue weighted by atomic mass is 10.00. The van der Waals surface area contributed by atoms with Crippen LogP contribution in [0, 0.1) is 6.92 Å². The first-order chi connectivity index (χ1) is 8.68. The normalized spacial score (nSPS) is 14.9. The van der Waals surface area contributed by atoms with Crippen molar-refractivity contribution in [3.8, 4) is 0 Å². The largest absolute Gasteiger partial charge is 0.293 e. The predicted octanol–water partition coefficient (Wildman–Crippen LogP) is 1.95. The van der Waals surface area contributed by atoms with E-state index in [1.54, 1.807) is 43.5 Å². The Hall–Kier alpha value is -2.36. The van der Waals surface area contributed by atoms with Gasteiger partial charge in [0, 0.05) is 17.3 Å². The van der Waals surface area contributed by atoms with Crippen LogP contribution in [0.15, 0.2) is 36.5 Å². The summed E-state index contributed by atoms with van der Waals surface area (Å²) in [6.45, 7) is 1.74. The Morgan fingerprint density at radius 2 is 1.61 bits per heavy atom. The van der Waals surface area contributed by atoms with E-state index >= 15 is 0 Å². The average molecular weight is 238 g/mol. The van der Waals surface area contributed by atoms with Crippen molar-refractivity contribution < 1.29 is 9.59 Å². The SMILES string of the molecule is Cc1nccc(C2C(=O)c3ccccc3C2=O)n1. The third kappa shape index (κ3) is 1.46. The van der Waals surface area contributed by atoms with Crippen LogP contribution in [0.5, 0.6) is 0 Å². The van der Waals surface area contributed by atoms with E-state index in [4.69, 9.17) is 0 Å². The zero-order chi connectivity index (χ0) is 12.7. The maximum absolute atomic E-state index is 12.2. The number of aromatic nitrogens is 2. The van der Waals surface area contributed by atoms with Gasteiger partial charge in [0.25, 0.3) is 0 Å². The number of rotatable bonds is 1. The minimum absolute atomic E-state index is 0.172. The Kier molecular flexibility index (Phi) is 2.30. The number of benzene rings is 1. The molecular formula is C14H10N2O2. The van der Waals surface area contributed by atoms with E-state index in [0.29, 0.717) is 22.6 Å². The number of ketones is 2. The zero-order valence-corrected chi connectivity index (χ0v) is 9.75. The number of hydrogen-bond donors (Lipinski definition) is 0. The molecular weight excluding hydrogens is 228 g/mol. The van der Waals surface area contributed by atoms with Crippen molar-refractivity contribution >= 4 is 11.6 Å². The van der Waals surface area contributed by atoms with Crippen LogP contribution in [0.4, 0.5) is 0 Å². The van der Waals surface area contributed by atoms with Gasteiger partial charge in [-0.3, -0.25) is 9.59 Å². The third-order valence-electron chi connectivity index (χ3n) is 3.08. The molecule has 4 heteroatoms. The van der Waals surface area contributed by atoms with Crippen LogP contribution in [0.25, 0.3) is 0 Å². The molecule has 1 aliphatic rings. The first kappa shape index (κ1) is 10.8. The molecule has 2 aromatic rings. The molecule has 0 spiro atoms. The molecule has 0 saturated carbocycles. The highest BCUT2D eigenvalue weighted by atomic mass is 16.2. The van der Waals surface area contributed by atoms with E-state index < -0.39 is 5.92 Å². The molecule has 3 rings (SSSR count). The second kappa shape index (κ2) is 3.84. The van der Waals surface area contributed by atoms with Crippen LogP contribution in [0.1, 0.15) is 38.2 Å².